The van der Waals surface area contributed by atoms with Crippen LogP contribution in [0.2, 0.25) is 0 Å². The zero-order chi connectivity index (χ0) is 21.8. The second kappa shape index (κ2) is 8.89. The first-order valence-electron chi connectivity index (χ1n) is 8.68. The van der Waals surface area contributed by atoms with Crippen molar-refractivity contribution in [3.63, 3.8) is 0 Å². The molecule has 1 heterocycles. The SMILES string of the molecule is Cc1nc(C(F)(F)F)cn1CC(=O)NC(=CN)C(=Nc1ccc(F)cc1)C(C)C. The summed E-state index contributed by atoms with van der Waals surface area (Å²) in [6.07, 6.45) is -2.67. The van der Waals surface area contributed by atoms with Crippen LogP contribution >= 0.6 is 0 Å². The molecule has 29 heavy (non-hydrogen) atoms. The molecule has 1 amide bonds. The van der Waals surface area contributed by atoms with Crippen LogP contribution in [0.5, 0.6) is 0 Å². The van der Waals surface area contributed by atoms with Crippen LogP contribution in [0.4, 0.5) is 23.2 Å². The number of nitrogens with two attached hydrogens (primary N) is 1. The lowest BCUT2D eigenvalue weighted by molar-refractivity contribution is -0.141. The lowest BCUT2D eigenvalue weighted by Gasteiger charge is -2.16. The normalized spacial score (nSPS) is 13.1. The predicted molar refractivity (Wildman–Crippen MR) is 101 cm³/mol. The second-order valence-corrected chi connectivity index (χ2v) is 6.56. The number of aryl methyl sites for hydroxylation is 1. The second-order valence-electron chi connectivity index (χ2n) is 6.56. The van der Waals surface area contributed by atoms with E-state index in [1.165, 1.54) is 31.2 Å². The molecule has 6 nitrogen and oxygen atoms in total. The Labute approximate surface area is 165 Å². The minimum absolute atomic E-state index is 0.0508. The fourth-order valence-electron chi connectivity index (χ4n) is 2.50. The zero-order valence-corrected chi connectivity index (χ0v) is 16.1. The summed E-state index contributed by atoms with van der Waals surface area (Å²) in [6, 6.07) is 5.45. The smallest absolute Gasteiger partial charge is 0.403 e. The van der Waals surface area contributed by atoms with Gasteiger partial charge in [-0.2, -0.15) is 13.2 Å². The van der Waals surface area contributed by atoms with E-state index in [9.17, 15) is 22.4 Å². The molecule has 0 bridgehead atoms. The number of carbonyl (C=O) groups is 1. The molecule has 0 aliphatic rings. The predicted octanol–water partition coefficient (Wildman–Crippen LogP) is 3.69. The zero-order valence-electron chi connectivity index (χ0n) is 16.1. The molecule has 0 atom stereocenters. The van der Waals surface area contributed by atoms with Gasteiger partial charge in [0.25, 0.3) is 0 Å². The van der Waals surface area contributed by atoms with Gasteiger partial charge in [0.2, 0.25) is 5.91 Å². The van der Waals surface area contributed by atoms with Crippen molar-refractivity contribution in [2.24, 2.45) is 16.6 Å². The first kappa shape index (κ1) is 22.1. The van der Waals surface area contributed by atoms with Crippen molar-refractivity contribution in [2.75, 3.05) is 0 Å². The number of aromatic nitrogens is 2. The number of amides is 1. The molecular formula is C19H21F4N5O. The van der Waals surface area contributed by atoms with Crippen molar-refractivity contribution in [2.45, 2.75) is 33.5 Å². The van der Waals surface area contributed by atoms with Gasteiger partial charge in [0.15, 0.2) is 5.69 Å². The van der Waals surface area contributed by atoms with E-state index in [2.05, 4.69) is 15.3 Å². The summed E-state index contributed by atoms with van der Waals surface area (Å²) >= 11 is 0. The van der Waals surface area contributed by atoms with Gasteiger partial charge in [0.05, 0.1) is 17.1 Å². The fourth-order valence-corrected chi connectivity index (χ4v) is 2.50. The number of alkyl halides is 3. The molecule has 2 rings (SSSR count). The highest BCUT2D eigenvalue weighted by atomic mass is 19.4. The van der Waals surface area contributed by atoms with Gasteiger partial charge in [0, 0.05) is 12.4 Å². The molecule has 1 aromatic carbocycles. The molecule has 0 aliphatic heterocycles. The van der Waals surface area contributed by atoms with E-state index < -0.39 is 23.6 Å². The van der Waals surface area contributed by atoms with Crippen LogP contribution in [0.25, 0.3) is 0 Å². The average Bonchev–Trinajstić information content (AvgIpc) is 3.00. The van der Waals surface area contributed by atoms with Gasteiger partial charge in [-0.25, -0.2) is 9.37 Å². The van der Waals surface area contributed by atoms with Crippen molar-refractivity contribution in [1.29, 1.82) is 0 Å². The third-order valence-electron chi connectivity index (χ3n) is 3.92. The molecule has 1 aromatic heterocycles. The number of nitrogens with one attached hydrogen (secondary N) is 1. The van der Waals surface area contributed by atoms with E-state index in [0.717, 1.165) is 17.0 Å². The third kappa shape index (κ3) is 5.90. The Morgan fingerprint density at radius 1 is 1.31 bits per heavy atom. The number of imidazole rings is 1. The summed E-state index contributed by atoms with van der Waals surface area (Å²) in [5, 5.41) is 2.57. The summed E-state index contributed by atoms with van der Waals surface area (Å²) in [7, 11) is 0. The standard InChI is InChI=1S/C19H21F4N5O/c1-11(2)18(26-14-6-4-13(20)5-7-14)15(8-24)27-17(29)10-28-9-16(19(21,22)23)25-12(28)3/h4-9,11H,10,24H2,1-3H3,(H,27,29). The number of rotatable bonds is 6. The monoisotopic (exact) mass is 411 g/mol. The van der Waals surface area contributed by atoms with Crippen LogP contribution in [0.15, 0.2) is 47.4 Å². The minimum atomic E-state index is -4.60. The highest BCUT2D eigenvalue weighted by molar-refractivity contribution is 6.05. The van der Waals surface area contributed by atoms with Gasteiger partial charge in [0.1, 0.15) is 18.2 Å². The summed E-state index contributed by atoms with van der Waals surface area (Å²) in [5.74, 6) is -1.10. The molecule has 3 N–H and O–H groups in total. The molecule has 0 fully saturated rings. The molecule has 10 heteroatoms. The number of benzene rings is 1. The Morgan fingerprint density at radius 3 is 2.41 bits per heavy atom. The van der Waals surface area contributed by atoms with E-state index in [-0.39, 0.29) is 24.0 Å². The van der Waals surface area contributed by atoms with Gasteiger partial charge in [-0.05, 0) is 37.1 Å². The summed E-state index contributed by atoms with van der Waals surface area (Å²) in [6.45, 7) is 4.65. The van der Waals surface area contributed by atoms with Gasteiger partial charge >= 0.3 is 6.18 Å². The Balaban J connectivity index is 2.20. The first-order valence-corrected chi connectivity index (χ1v) is 8.68. The van der Waals surface area contributed by atoms with Crippen LogP contribution in [-0.2, 0) is 17.5 Å². The number of carbonyl (C=O) groups excluding carboxylic acids is 1. The topological polar surface area (TPSA) is 85.3 Å². The number of halogens is 4. The number of hydrogen-bond acceptors (Lipinski definition) is 4. The molecule has 156 valence electrons. The van der Waals surface area contributed by atoms with E-state index in [1.807, 2.05) is 13.8 Å². The Morgan fingerprint density at radius 2 is 1.93 bits per heavy atom. The number of nitrogens with zero attached hydrogens (tertiary/aromatic N) is 3. The summed E-state index contributed by atoms with van der Waals surface area (Å²) in [4.78, 5) is 20.2. The molecule has 2 aromatic rings. The highest BCUT2D eigenvalue weighted by Crippen LogP contribution is 2.28. The number of allylic oxidation sites excluding steroid dienone is 1. The lowest BCUT2D eigenvalue weighted by atomic mass is 10.0. The number of hydrogen-bond donors (Lipinski definition) is 2. The van der Waals surface area contributed by atoms with Crippen molar-refractivity contribution < 1.29 is 22.4 Å². The summed E-state index contributed by atoms with van der Waals surface area (Å²) < 4.78 is 52.5. The lowest BCUT2D eigenvalue weighted by Crippen LogP contribution is -2.33. The maximum atomic E-state index is 13.1. The quantitative estimate of drug-likeness (QED) is 0.562. The van der Waals surface area contributed by atoms with E-state index >= 15 is 0 Å². The van der Waals surface area contributed by atoms with Crippen molar-refractivity contribution in [1.82, 2.24) is 14.9 Å². The van der Waals surface area contributed by atoms with E-state index in [0.29, 0.717) is 11.4 Å². The van der Waals surface area contributed by atoms with Crippen LogP contribution in [0.1, 0.15) is 25.4 Å². The van der Waals surface area contributed by atoms with Gasteiger partial charge in [-0.1, -0.05) is 13.8 Å². The first-order chi connectivity index (χ1) is 13.5. The molecule has 0 spiro atoms. The van der Waals surface area contributed by atoms with Gasteiger partial charge in [-0.3, -0.25) is 9.79 Å². The molecule has 0 radical (unpaired) electrons. The molecular weight excluding hydrogens is 390 g/mol. The van der Waals surface area contributed by atoms with Crippen molar-refractivity contribution in [3.05, 3.63) is 59.7 Å². The van der Waals surface area contributed by atoms with Gasteiger partial charge < -0.3 is 15.6 Å². The van der Waals surface area contributed by atoms with E-state index in [1.54, 1.807) is 0 Å². The Bertz CT molecular complexity index is 927. The molecule has 0 saturated heterocycles. The van der Waals surface area contributed by atoms with E-state index in [4.69, 9.17) is 5.73 Å². The molecule has 0 saturated carbocycles. The maximum absolute atomic E-state index is 13.1. The molecule has 0 unspecified atom stereocenters. The van der Waals surface area contributed by atoms with Crippen molar-refractivity contribution >= 4 is 17.3 Å². The third-order valence-corrected chi connectivity index (χ3v) is 3.92. The van der Waals surface area contributed by atoms with Crippen LogP contribution in [0, 0.1) is 18.7 Å². The summed E-state index contributed by atoms with van der Waals surface area (Å²) in [5.41, 5.74) is 5.67. The average molecular weight is 411 g/mol. The Hall–Kier alpha value is -3.17. The highest BCUT2D eigenvalue weighted by Gasteiger charge is 2.34. The minimum Gasteiger partial charge on any atom is -0.403 e. The Kier molecular flexibility index (Phi) is 6.78. The number of aliphatic imine (C=N–C) groups is 1. The largest absolute Gasteiger partial charge is 0.434 e. The molecule has 0 aliphatic carbocycles. The van der Waals surface area contributed by atoms with Crippen molar-refractivity contribution in [3.8, 4) is 0 Å². The van der Waals surface area contributed by atoms with Crippen LogP contribution < -0.4 is 11.1 Å². The maximum Gasteiger partial charge on any atom is 0.434 e. The van der Waals surface area contributed by atoms with Gasteiger partial charge in [-0.15, -0.1) is 0 Å². The van der Waals surface area contributed by atoms with Crippen LogP contribution in [0.3, 0.4) is 0 Å². The fraction of sp³-hybridized carbons (Fsp3) is 0.316. The van der Waals surface area contributed by atoms with Crippen LogP contribution in [-0.4, -0.2) is 21.2 Å².